The molecule has 0 fully saturated rings. The van der Waals surface area contributed by atoms with Gasteiger partial charge < -0.3 is 9.47 Å². The number of methoxy groups -OCH3 is 2. The molecule has 0 radical (unpaired) electrons. The van der Waals surface area contributed by atoms with Crippen molar-refractivity contribution in [1.29, 1.82) is 5.26 Å². The van der Waals surface area contributed by atoms with Gasteiger partial charge in [0.2, 0.25) is 0 Å². The minimum Gasteiger partial charge on any atom is -0.496 e. The Morgan fingerprint density at radius 2 is 1.94 bits per heavy atom. The quantitative estimate of drug-likeness (QED) is 0.810. The third kappa shape index (κ3) is 2.50. The molecule has 0 N–H and O–H groups in total. The van der Waals surface area contributed by atoms with Gasteiger partial charge in [-0.25, -0.2) is 8.42 Å². The van der Waals surface area contributed by atoms with Crippen molar-refractivity contribution >= 4 is 9.84 Å². The molecule has 0 saturated carbocycles. The second-order valence-electron chi connectivity index (χ2n) is 3.34. The molecule has 17 heavy (non-hydrogen) atoms. The van der Waals surface area contributed by atoms with E-state index in [2.05, 4.69) is 0 Å². The second-order valence-corrected chi connectivity index (χ2v) is 5.30. The zero-order valence-corrected chi connectivity index (χ0v) is 10.7. The lowest BCUT2D eigenvalue weighted by Gasteiger charge is -2.13. The number of nitrogens with zero attached hydrogens (tertiary/aromatic N) is 1. The summed E-state index contributed by atoms with van der Waals surface area (Å²) >= 11 is 0. The third-order valence-electron chi connectivity index (χ3n) is 2.33. The Balaban J connectivity index is 3.47. The molecule has 1 rings (SSSR count). The van der Waals surface area contributed by atoms with E-state index >= 15 is 0 Å². The Morgan fingerprint density at radius 3 is 2.41 bits per heavy atom. The van der Waals surface area contributed by atoms with Gasteiger partial charge in [0.1, 0.15) is 22.1 Å². The van der Waals surface area contributed by atoms with Crippen LogP contribution in [0.4, 0.5) is 0 Å². The fraction of sp³-hybridized carbons (Fsp3) is 0.364. The zero-order chi connectivity index (χ0) is 13.1. The van der Waals surface area contributed by atoms with E-state index in [0.29, 0.717) is 11.3 Å². The van der Waals surface area contributed by atoms with Crippen LogP contribution in [0.2, 0.25) is 0 Å². The maximum atomic E-state index is 11.8. The van der Waals surface area contributed by atoms with E-state index in [0.717, 1.165) is 0 Å². The van der Waals surface area contributed by atoms with Gasteiger partial charge in [-0.1, -0.05) is 0 Å². The largest absolute Gasteiger partial charge is 0.496 e. The van der Waals surface area contributed by atoms with Crippen molar-refractivity contribution in [3.63, 3.8) is 0 Å². The molecule has 0 spiro atoms. The van der Waals surface area contributed by atoms with Crippen molar-refractivity contribution in [2.45, 2.75) is 11.8 Å². The summed E-state index contributed by atoms with van der Waals surface area (Å²) in [5.74, 6) is 0.187. The summed E-state index contributed by atoms with van der Waals surface area (Å²) < 4.78 is 33.8. The van der Waals surface area contributed by atoms with Gasteiger partial charge in [0.25, 0.3) is 0 Å². The van der Waals surface area contributed by atoms with E-state index < -0.39 is 15.6 Å². The van der Waals surface area contributed by atoms with Crippen LogP contribution in [0.5, 0.6) is 11.5 Å². The van der Waals surface area contributed by atoms with Gasteiger partial charge in [0.15, 0.2) is 9.84 Å². The highest BCUT2D eigenvalue weighted by atomic mass is 32.2. The number of hydrogen-bond acceptors (Lipinski definition) is 5. The van der Waals surface area contributed by atoms with E-state index in [1.54, 1.807) is 19.1 Å². The molecule has 0 bridgehead atoms. The van der Waals surface area contributed by atoms with Crippen LogP contribution in [0, 0.1) is 18.3 Å². The summed E-state index contributed by atoms with van der Waals surface area (Å²) in [5, 5.41) is 8.50. The highest BCUT2D eigenvalue weighted by Gasteiger charge is 2.22. The first-order valence-corrected chi connectivity index (χ1v) is 6.44. The summed E-state index contributed by atoms with van der Waals surface area (Å²) in [6.07, 6.45) is 0. The molecule has 0 aliphatic rings. The first kappa shape index (κ1) is 13.3. The molecule has 0 saturated heterocycles. The lowest BCUT2D eigenvalue weighted by molar-refractivity contribution is 0.380. The molecular weight excluding hydrogens is 242 g/mol. The minimum absolute atomic E-state index is 0.0138. The lowest BCUT2D eigenvalue weighted by atomic mass is 10.2. The Hall–Kier alpha value is -1.74. The third-order valence-corrected chi connectivity index (χ3v) is 3.83. The molecule has 1 aromatic rings. The topological polar surface area (TPSA) is 76.4 Å². The van der Waals surface area contributed by atoms with Crippen LogP contribution in [0.3, 0.4) is 0 Å². The molecule has 0 aromatic heterocycles. The Morgan fingerprint density at radius 1 is 1.29 bits per heavy atom. The van der Waals surface area contributed by atoms with E-state index in [1.165, 1.54) is 20.3 Å². The SMILES string of the molecule is COc1ccc(S(=O)(=O)CC#N)c(OC)c1C. The summed E-state index contributed by atoms with van der Waals surface area (Å²) in [5.41, 5.74) is 0.592. The summed E-state index contributed by atoms with van der Waals surface area (Å²) in [7, 11) is -0.769. The maximum Gasteiger partial charge on any atom is 0.195 e. The van der Waals surface area contributed by atoms with Crippen LogP contribution in [-0.4, -0.2) is 28.4 Å². The van der Waals surface area contributed by atoms with Gasteiger partial charge in [-0.2, -0.15) is 5.26 Å². The van der Waals surface area contributed by atoms with Crippen LogP contribution < -0.4 is 9.47 Å². The van der Waals surface area contributed by atoms with E-state index in [1.807, 2.05) is 0 Å². The van der Waals surface area contributed by atoms with Crippen molar-refractivity contribution < 1.29 is 17.9 Å². The number of sulfone groups is 1. The molecule has 0 aliphatic carbocycles. The monoisotopic (exact) mass is 255 g/mol. The van der Waals surface area contributed by atoms with E-state index in [-0.39, 0.29) is 10.6 Å². The van der Waals surface area contributed by atoms with Gasteiger partial charge in [0.05, 0.1) is 20.3 Å². The molecule has 0 atom stereocenters. The number of rotatable bonds is 4. The fourth-order valence-electron chi connectivity index (χ4n) is 1.53. The predicted molar refractivity (Wildman–Crippen MR) is 61.9 cm³/mol. The fourth-order valence-corrected chi connectivity index (χ4v) is 2.65. The molecule has 0 heterocycles. The van der Waals surface area contributed by atoms with Crippen molar-refractivity contribution in [2.75, 3.05) is 20.0 Å². The molecule has 0 aliphatic heterocycles. The van der Waals surface area contributed by atoms with Crippen molar-refractivity contribution in [2.24, 2.45) is 0 Å². The van der Waals surface area contributed by atoms with Gasteiger partial charge in [-0.15, -0.1) is 0 Å². The van der Waals surface area contributed by atoms with Crippen LogP contribution in [0.1, 0.15) is 5.56 Å². The minimum atomic E-state index is -3.64. The van der Waals surface area contributed by atoms with Crippen LogP contribution in [-0.2, 0) is 9.84 Å². The zero-order valence-electron chi connectivity index (χ0n) is 9.85. The number of hydrogen-bond donors (Lipinski definition) is 0. The number of benzene rings is 1. The molecule has 1 aromatic carbocycles. The molecule has 92 valence electrons. The van der Waals surface area contributed by atoms with Crippen LogP contribution >= 0.6 is 0 Å². The molecule has 5 nitrogen and oxygen atoms in total. The molecule has 6 heteroatoms. The summed E-state index contributed by atoms with van der Waals surface area (Å²) in [6, 6.07) is 4.56. The smallest absolute Gasteiger partial charge is 0.195 e. The van der Waals surface area contributed by atoms with E-state index in [9.17, 15) is 8.42 Å². The van der Waals surface area contributed by atoms with Gasteiger partial charge >= 0.3 is 0 Å². The van der Waals surface area contributed by atoms with Gasteiger partial charge in [-0.3, -0.25) is 0 Å². The molecule has 0 unspecified atom stereocenters. The number of nitriles is 1. The average molecular weight is 255 g/mol. The first-order valence-electron chi connectivity index (χ1n) is 4.79. The standard InChI is InChI=1S/C11H13NO4S/c1-8-9(15-2)4-5-10(11(8)16-3)17(13,14)7-6-12/h4-5H,7H2,1-3H3. The highest BCUT2D eigenvalue weighted by Crippen LogP contribution is 2.34. The first-order chi connectivity index (χ1) is 7.97. The van der Waals surface area contributed by atoms with Gasteiger partial charge in [0, 0.05) is 5.56 Å². The van der Waals surface area contributed by atoms with Crippen molar-refractivity contribution in [3.05, 3.63) is 17.7 Å². The Labute approximate surface area is 101 Å². The summed E-state index contributed by atoms with van der Waals surface area (Å²) in [6.45, 7) is 1.70. The van der Waals surface area contributed by atoms with Crippen LogP contribution in [0.15, 0.2) is 17.0 Å². The highest BCUT2D eigenvalue weighted by molar-refractivity contribution is 7.91. The van der Waals surface area contributed by atoms with Crippen molar-refractivity contribution in [3.8, 4) is 17.6 Å². The normalized spacial score (nSPS) is 10.7. The lowest BCUT2D eigenvalue weighted by Crippen LogP contribution is -2.08. The van der Waals surface area contributed by atoms with Gasteiger partial charge in [-0.05, 0) is 19.1 Å². The molecule has 0 amide bonds. The van der Waals surface area contributed by atoms with Crippen molar-refractivity contribution in [1.82, 2.24) is 0 Å². The van der Waals surface area contributed by atoms with Crippen LogP contribution in [0.25, 0.3) is 0 Å². The summed E-state index contributed by atoms with van der Waals surface area (Å²) in [4.78, 5) is 0.0138. The number of ether oxygens (including phenoxy) is 2. The Kier molecular flexibility index (Phi) is 3.97. The maximum absolute atomic E-state index is 11.8. The Bertz CT molecular complexity index is 558. The molecular formula is C11H13NO4S. The predicted octanol–water partition coefficient (Wildman–Crippen LogP) is 1.31. The average Bonchev–Trinajstić information content (AvgIpc) is 2.28. The van der Waals surface area contributed by atoms with E-state index in [4.69, 9.17) is 14.7 Å². The second kappa shape index (κ2) is 5.06.